The number of sulfonamides is 1. The van der Waals surface area contributed by atoms with E-state index in [0.29, 0.717) is 37.7 Å². The van der Waals surface area contributed by atoms with Gasteiger partial charge in [0.25, 0.3) is 0 Å². The molecule has 0 spiro atoms. The van der Waals surface area contributed by atoms with E-state index in [0.717, 1.165) is 24.0 Å². The Morgan fingerprint density at radius 1 is 1.16 bits per heavy atom. The van der Waals surface area contributed by atoms with Crippen molar-refractivity contribution in [2.75, 3.05) is 39.3 Å². The molecule has 1 saturated heterocycles. The van der Waals surface area contributed by atoms with Gasteiger partial charge >= 0.3 is 5.97 Å². The Balaban J connectivity index is 1.93. The summed E-state index contributed by atoms with van der Waals surface area (Å²) in [6.07, 6.45) is 1.86. The average molecular weight is 368 g/mol. The molecule has 0 radical (unpaired) electrons. The standard InChI is InChI=1S/C18H28N2O4S/c1-4-5-12-24-18(21)14-19-8-10-20(11-9-19)25(22,23)17-13-15(2)6-7-16(17)3/h6-7,13H,4-5,8-12,14H2,1-3H3. The summed E-state index contributed by atoms with van der Waals surface area (Å²) in [7, 11) is -3.49. The monoisotopic (exact) mass is 368 g/mol. The first-order valence-corrected chi connectivity index (χ1v) is 10.2. The summed E-state index contributed by atoms with van der Waals surface area (Å²) in [4.78, 5) is 14.1. The van der Waals surface area contributed by atoms with Crippen LogP contribution in [0.1, 0.15) is 30.9 Å². The van der Waals surface area contributed by atoms with E-state index >= 15 is 0 Å². The zero-order valence-electron chi connectivity index (χ0n) is 15.3. The molecule has 0 bridgehead atoms. The van der Waals surface area contributed by atoms with Crippen LogP contribution in [0.2, 0.25) is 0 Å². The number of ether oxygens (including phenoxy) is 1. The fourth-order valence-corrected chi connectivity index (χ4v) is 4.54. The molecule has 1 aromatic rings. The zero-order valence-corrected chi connectivity index (χ0v) is 16.1. The molecule has 25 heavy (non-hydrogen) atoms. The number of hydrogen-bond donors (Lipinski definition) is 0. The second kappa shape index (κ2) is 8.78. The minimum atomic E-state index is -3.49. The Kier molecular flexibility index (Phi) is 6.98. The van der Waals surface area contributed by atoms with E-state index in [-0.39, 0.29) is 12.5 Å². The van der Waals surface area contributed by atoms with Crippen LogP contribution in [0.25, 0.3) is 0 Å². The van der Waals surface area contributed by atoms with Gasteiger partial charge in [-0.15, -0.1) is 0 Å². The van der Waals surface area contributed by atoms with Crippen LogP contribution in [0.5, 0.6) is 0 Å². The summed E-state index contributed by atoms with van der Waals surface area (Å²) >= 11 is 0. The molecule has 0 aromatic heterocycles. The van der Waals surface area contributed by atoms with Gasteiger partial charge in [-0.25, -0.2) is 8.42 Å². The Bertz CT molecular complexity index is 695. The van der Waals surface area contributed by atoms with Crippen LogP contribution in [-0.2, 0) is 19.6 Å². The highest BCUT2D eigenvalue weighted by molar-refractivity contribution is 7.89. The first-order chi connectivity index (χ1) is 11.8. The Hall–Kier alpha value is -1.44. The molecule has 0 saturated carbocycles. The third-order valence-corrected chi connectivity index (χ3v) is 6.45. The molecule has 0 atom stereocenters. The summed E-state index contributed by atoms with van der Waals surface area (Å²) in [5, 5.41) is 0. The number of piperazine rings is 1. The molecule has 1 fully saturated rings. The lowest BCUT2D eigenvalue weighted by Crippen LogP contribution is -2.50. The van der Waals surface area contributed by atoms with Gasteiger partial charge in [0.15, 0.2) is 0 Å². The summed E-state index contributed by atoms with van der Waals surface area (Å²) in [6.45, 7) is 8.27. The molecule has 1 heterocycles. The Labute approximate surface area is 150 Å². The van der Waals surface area contributed by atoms with Gasteiger partial charge in [0.2, 0.25) is 10.0 Å². The SMILES string of the molecule is CCCCOC(=O)CN1CCN(S(=O)(=O)c2cc(C)ccc2C)CC1. The normalized spacial score (nSPS) is 16.8. The third kappa shape index (κ3) is 5.26. The fraction of sp³-hybridized carbons (Fsp3) is 0.611. The van der Waals surface area contributed by atoms with Gasteiger partial charge in [-0.05, 0) is 37.5 Å². The topological polar surface area (TPSA) is 66.9 Å². The minimum absolute atomic E-state index is 0.223. The van der Waals surface area contributed by atoms with Crippen LogP contribution < -0.4 is 0 Å². The molecule has 2 rings (SSSR count). The van der Waals surface area contributed by atoms with Crippen LogP contribution in [0.4, 0.5) is 0 Å². The number of carbonyl (C=O) groups excluding carboxylic acids is 1. The first-order valence-electron chi connectivity index (χ1n) is 8.80. The highest BCUT2D eigenvalue weighted by Crippen LogP contribution is 2.22. The van der Waals surface area contributed by atoms with E-state index in [1.807, 2.05) is 37.8 Å². The third-order valence-electron chi connectivity index (χ3n) is 4.41. The quantitative estimate of drug-likeness (QED) is 0.544. The lowest BCUT2D eigenvalue weighted by atomic mass is 10.2. The molecule has 0 N–H and O–H groups in total. The van der Waals surface area contributed by atoms with Crippen LogP contribution in [0, 0.1) is 13.8 Å². The number of unbranched alkanes of at least 4 members (excludes halogenated alkanes) is 1. The maximum Gasteiger partial charge on any atom is 0.320 e. The van der Waals surface area contributed by atoms with E-state index in [4.69, 9.17) is 4.74 Å². The molecular formula is C18H28N2O4S. The van der Waals surface area contributed by atoms with E-state index < -0.39 is 10.0 Å². The summed E-state index contributed by atoms with van der Waals surface area (Å²) in [5.74, 6) is -0.237. The van der Waals surface area contributed by atoms with E-state index in [9.17, 15) is 13.2 Å². The molecular weight excluding hydrogens is 340 g/mol. The maximum absolute atomic E-state index is 12.9. The number of benzene rings is 1. The Morgan fingerprint density at radius 2 is 1.84 bits per heavy atom. The second-order valence-electron chi connectivity index (χ2n) is 6.52. The van der Waals surface area contributed by atoms with Crippen molar-refractivity contribution in [3.63, 3.8) is 0 Å². The number of carbonyl (C=O) groups is 1. The smallest absolute Gasteiger partial charge is 0.320 e. The number of rotatable bonds is 7. The Morgan fingerprint density at radius 3 is 2.48 bits per heavy atom. The van der Waals surface area contributed by atoms with Crippen molar-refractivity contribution in [2.24, 2.45) is 0 Å². The zero-order chi connectivity index (χ0) is 18.4. The van der Waals surface area contributed by atoms with E-state index in [1.165, 1.54) is 4.31 Å². The summed E-state index contributed by atoms with van der Waals surface area (Å²) < 4.78 is 32.4. The lowest BCUT2D eigenvalue weighted by Gasteiger charge is -2.33. The molecule has 140 valence electrons. The van der Waals surface area contributed by atoms with Crippen molar-refractivity contribution >= 4 is 16.0 Å². The molecule has 0 unspecified atom stereocenters. The predicted molar refractivity (Wildman–Crippen MR) is 97.0 cm³/mol. The number of nitrogens with zero attached hydrogens (tertiary/aromatic N) is 2. The van der Waals surface area contributed by atoms with Gasteiger partial charge in [-0.3, -0.25) is 9.69 Å². The van der Waals surface area contributed by atoms with Crippen molar-refractivity contribution in [3.8, 4) is 0 Å². The fourth-order valence-electron chi connectivity index (χ4n) is 2.81. The van der Waals surface area contributed by atoms with Crippen molar-refractivity contribution in [2.45, 2.75) is 38.5 Å². The van der Waals surface area contributed by atoms with Crippen LogP contribution in [0.3, 0.4) is 0 Å². The van der Waals surface area contributed by atoms with Gasteiger partial charge in [-0.2, -0.15) is 4.31 Å². The number of esters is 1. The van der Waals surface area contributed by atoms with Crippen molar-refractivity contribution < 1.29 is 17.9 Å². The first kappa shape index (κ1) is 19.9. The van der Waals surface area contributed by atoms with Crippen molar-refractivity contribution in [1.82, 2.24) is 9.21 Å². The minimum Gasteiger partial charge on any atom is -0.465 e. The van der Waals surface area contributed by atoms with Crippen molar-refractivity contribution in [3.05, 3.63) is 29.3 Å². The molecule has 1 aliphatic rings. The van der Waals surface area contributed by atoms with Gasteiger partial charge < -0.3 is 4.74 Å². The van der Waals surface area contributed by atoms with Gasteiger partial charge in [0.05, 0.1) is 18.0 Å². The predicted octanol–water partition coefficient (Wildman–Crippen LogP) is 1.95. The molecule has 1 aromatic carbocycles. The highest BCUT2D eigenvalue weighted by Gasteiger charge is 2.30. The largest absolute Gasteiger partial charge is 0.465 e. The molecule has 0 amide bonds. The van der Waals surface area contributed by atoms with Gasteiger partial charge in [0, 0.05) is 26.2 Å². The second-order valence-corrected chi connectivity index (χ2v) is 8.43. The maximum atomic E-state index is 12.9. The average Bonchev–Trinajstić information content (AvgIpc) is 2.57. The van der Waals surface area contributed by atoms with Crippen LogP contribution >= 0.6 is 0 Å². The van der Waals surface area contributed by atoms with Gasteiger partial charge in [0.1, 0.15) is 0 Å². The molecule has 0 aliphatic carbocycles. The van der Waals surface area contributed by atoms with E-state index in [2.05, 4.69) is 0 Å². The summed E-state index contributed by atoms with van der Waals surface area (Å²) in [5.41, 5.74) is 1.69. The van der Waals surface area contributed by atoms with Gasteiger partial charge in [-0.1, -0.05) is 25.5 Å². The lowest BCUT2D eigenvalue weighted by molar-refractivity contribution is -0.145. The summed E-state index contributed by atoms with van der Waals surface area (Å²) in [6, 6.07) is 5.48. The van der Waals surface area contributed by atoms with E-state index in [1.54, 1.807) is 6.07 Å². The molecule has 1 aliphatic heterocycles. The van der Waals surface area contributed by atoms with Crippen molar-refractivity contribution in [1.29, 1.82) is 0 Å². The number of hydrogen-bond acceptors (Lipinski definition) is 5. The highest BCUT2D eigenvalue weighted by atomic mass is 32.2. The van der Waals surface area contributed by atoms with Crippen LogP contribution in [-0.4, -0.2) is 62.9 Å². The number of aryl methyl sites for hydroxylation is 2. The molecule has 7 heteroatoms. The van der Waals surface area contributed by atoms with Crippen LogP contribution in [0.15, 0.2) is 23.1 Å². The molecule has 6 nitrogen and oxygen atoms in total.